The summed E-state index contributed by atoms with van der Waals surface area (Å²) < 4.78 is 28.7. The van der Waals surface area contributed by atoms with Crippen molar-refractivity contribution in [2.75, 3.05) is 17.9 Å². The molecule has 0 aliphatic carbocycles. The highest BCUT2D eigenvalue weighted by Gasteiger charge is 2.32. The van der Waals surface area contributed by atoms with Gasteiger partial charge in [-0.1, -0.05) is 59.6 Å². The van der Waals surface area contributed by atoms with E-state index in [1.54, 1.807) is 74.5 Å². The summed E-state index contributed by atoms with van der Waals surface area (Å²) in [5.74, 6) is -0.874. The summed E-state index contributed by atoms with van der Waals surface area (Å²) in [4.78, 5) is 27.7. The lowest BCUT2D eigenvalue weighted by Gasteiger charge is -2.32. The topological polar surface area (TPSA) is 86.8 Å². The molecule has 0 unspecified atom stereocenters. The van der Waals surface area contributed by atoms with Gasteiger partial charge in [0, 0.05) is 18.6 Å². The Bertz CT molecular complexity index is 1330. The quantitative estimate of drug-likeness (QED) is 0.449. The molecule has 3 aromatic rings. The molecule has 0 saturated heterocycles. The summed E-state index contributed by atoms with van der Waals surface area (Å²) in [6.45, 7) is 4.90. The molecular formula is C27H30ClN3O4S. The number of nitrogens with zero attached hydrogens (tertiary/aromatic N) is 2. The fourth-order valence-electron chi connectivity index (χ4n) is 3.77. The summed E-state index contributed by atoms with van der Waals surface area (Å²) >= 11 is 6.00. The largest absolute Gasteiger partial charge is 0.357 e. The smallest absolute Gasteiger partial charge is 0.264 e. The lowest BCUT2D eigenvalue weighted by atomic mass is 10.1. The SMILES string of the molecule is CNC(=O)[C@H](C)N(Cc1ccc(Cl)cc1)C(=O)CN(c1ccccc1C)S(=O)(=O)c1ccc(C)cc1. The van der Waals surface area contributed by atoms with Crippen LogP contribution in [-0.2, 0) is 26.2 Å². The van der Waals surface area contributed by atoms with Crippen LogP contribution < -0.4 is 9.62 Å². The van der Waals surface area contributed by atoms with Gasteiger partial charge in [-0.15, -0.1) is 0 Å². The molecule has 1 atom stereocenters. The molecule has 0 fully saturated rings. The average Bonchev–Trinajstić information content (AvgIpc) is 2.86. The third-order valence-corrected chi connectivity index (χ3v) is 7.98. The van der Waals surface area contributed by atoms with E-state index in [0.29, 0.717) is 16.3 Å². The van der Waals surface area contributed by atoms with Crippen molar-refractivity contribution in [3.8, 4) is 0 Å². The first-order chi connectivity index (χ1) is 17.0. The number of sulfonamides is 1. The van der Waals surface area contributed by atoms with E-state index in [4.69, 9.17) is 11.6 Å². The van der Waals surface area contributed by atoms with E-state index in [-0.39, 0.29) is 17.3 Å². The zero-order valence-corrected chi connectivity index (χ0v) is 22.3. The zero-order valence-electron chi connectivity index (χ0n) is 20.7. The normalized spacial score (nSPS) is 12.0. The van der Waals surface area contributed by atoms with Gasteiger partial charge in [-0.25, -0.2) is 8.42 Å². The van der Waals surface area contributed by atoms with Gasteiger partial charge >= 0.3 is 0 Å². The number of nitrogens with one attached hydrogen (secondary N) is 1. The molecular weight excluding hydrogens is 498 g/mol. The molecule has 7 nitrogen and oxygen atoms in total. The molecule has 9 heteroatoms. The van der Waals surface area contributed by atoms with Gasteiger partial charge < -0.3 is 10.2 Å². The second kappa shape index (κ2) is 11.6. The molecule has 0 aliphatic heterocycles. The lowest BCUT2D eigenvalue weighted by Crippen LogP contribution is -2.50. The highest BCUT2D eigenvalue weighted by atomic mass is 35.5. The van der Waals surface area contributed by atoms with Gasteiger partial charge in [-0.05, 0) is 62.2 Å². The van der Waals surface area contributed by atoms with E-state index in [1.165, 1.54) is 24.1 Å². The van der Waals surface area contributed by atoms with Crippen LogP contribution in [0.4, 0.5) is 5.69 Å². The van der Waals surface area contributed by atoms with Gasteiger partial charge in [0.2, 0.25) is 11.8 Å². The summed E-state index contributed by atoms with van der Waals surface area (Å²) in [6, 6.07) is 19.6. The highest BCUT2D eigenvalue weighted by molar-refractivity contribution is 7.92. The number of rotatable bonds is 9. The van der Waals surface area contributed by atoms with Crippen molar-refractivity contribution < 1.29 is 18.0 Å². The minimum Gasteiger partial charge on any atom is -0.357 e. The third kappa shape index (κ3) is 6.25. The first-order valence-electron chi connectivity index (χ1n) is 11.4. The maximum Gasteiger partial charge on any atom is 0.264 e. The number of carbonyl (C=O) groups excluding carboxylic acids is 2. The van der Waals surface area contributed by atoms with Crippen molar-refractivity contribution in [1.29, 1.82) is 0 Å². The molecule has 0 aromatic heterocycles. The van der Waals surface area contributed by atoms with Gasteiger partial charge in [0.15, 0.2) is 0 Å². The van der Waals surface area contributed by atoms with Gasteiger partial charge in [-0.3, -0.25) is 13.9 Å². The number of anilines is 1. The Morgan fingerprint density at radius 1 is 0.944 bits per heavy atom. The monoisotopic (exact) mass is 527 g/mol. The zero-order chi connectivity index (χ0) is 26.5. The van der Waals surface area contributed by atoms with Crippen LogP contribution in [-0.4, -0.2) is 44.8 Å². The van der Waals surface area contributed by atoms with Crippen molar-refractivity contribution >= 4 is 39.1 Å². The van der Waals surface area contributed by atoms with E-state index in [1.807, 2.05) is 6.92 Å². The number of benzene rings is 3. The summed E-state index contributed by atoms with van der Waals surface area (Å²) in [5.41, 5.74) is 2.77. The van der Waals surface area contributed by atoms with E-state index in [2.05, 4.69) is 5.32 Å². The predicted octanol–water partition coefficient (Wildman–Crippen LogP) is 4.32. The number of aryl methyl sites for hydroxylation is 2. The van der Waals surface area contributed by atoms with Crippen molar-refractivity contribution in [1.82, 2.24) is 10.2 Å². The standard InChI is InChI=1S/C27H30ClN3O4S/c1-19-9-15-24(16-10-19)36(34,35)31(25-8-6-5-7-20(25)2)18-26(32)30(21(3)27(33)29-4)17-22-11-13-23(28)14-12-22/h5-16,21H,17-18H2,1-4H3,(H,29,33)/t21-/m0/s1. The van der Waals surface area contributed by atoms with Crippen LogP contribution in [0.1, 0.15) is 23.6 Å². The van der Waals surface area contributed by atoms with Crippen LogP contribution in [0.25, 0.3) is 0 Å². The van der Waals surface area contributed by atoms with Crippen LogP contribution in [0, 0.1) is 13.8 Å². The minimum atomic E-state index is -4.08. The fourth-order valence-corrected chi connectivity index (χ4v) is 5.38. The van der Waals surface area contributed by atoms with Crippen molar-refractivity contribution in [2.45, 2.75) is 38.3 Å². The van der Waals surface area contributed by atoms with Crippen molar-refractivity contribution in [2.24, 2.45) is 0 Å². The van der Waals surface area contributed by atoms with Gasteiger partial charge in [0.05, 0.1) is 10.6 Å². The van der Waals surface area contributed by atoms with E-state index in [0.717, 1.165) is 15.4 Å². The predicted molar refractivity (Wildman–Crippen MR) is 142 cm³/mol. The Hall–Kier alpha value is -3.36. The molecule has 1 N–H and O–H groups in total. The number of amides is 2. The number of halogens is 1. The molecule has 0 bridgehead atoms. The van der Waals surface area contributed by atoms with Crippen LogP contribution in [0.5, 0.6) is 0 Å². The fraction of sp³-hybridized carbons (Fsp3) is 0.259. The van der Waals surface area contributed by atoms with Crippen LogP contribution in [0.3, 0.4) is 0 Å². The maximum atomic E-state index is 13.8. The number of hydrogen-bond donors (Lipinski definition) is 1. The second-order valence-corrected chi connectivity index (χ2v) is 10.8. The molecule has 190 valence electrons. The van der Waals surface area contributed by atoms with Gasteiger partial charge in [-0.2, -0.15) is 0 Å². The number of carbonyl (C=O) groups is 2. The Labute approximate surface area is 217 Å². The Balaban J connectivity index is 2.04. The van der Waals surface area contributed by atoms with Gasteiger partial charge in [0.25, 0.3) is 10.0 Å². The number of hydrogen-bond acceptors (Lipinski definition) is 4. The molecule has 0 heterocycles. The van der Waals surface area contributed by atoms with Crippen LogP contribution in [0.15, 0.2) is 77.7 Å². The highest BCUT2D eigenvalue weighted by Crippen LogP contribution is 2.27. The first kappa shape index (κ1) is 27.2. The summed E-state index contributed by atoms with van der Waals surface area (Å²) in [5, 5.41) is 3.11. The Morgan fingerprint density at radius 2 is 1.56 bits per heavy atom. The summed E-state index contributed by atoms with van der Waals surface area (Å²) in [6.07, 6.45) is 0. The van der Waals surface area contributed by atoms with Gasteiger partial charge in [0.1, 0.15) is 12.6 Å². The van der Waals surface area contributed by atoms with E-state index < -0.39 is 28.5 Å². The van der Waals surface area contributed by atoms with Crippen molar-refractivity contribution in [3.05, 3.63) is 94.5 Å². The van der Waals surface area contributed by atoms with Crippen LogP contribution >= 0.6 is 11.6 Å². The number of likely N-dealkylation sites (N-methyl/N-ethyl adjacent to an activating group) is 1. The minimum absolute atomic E-state index is 0.0766. The second-order valence-electron chi connectivity index (χ2n) is 8.55. The molecule has 0 radical (unpaired) electrons. The lowest BCUT2D eigenvalue weighted by molar-refractivity contribution is -0.139. The molecule has 0 aliphatic rings. The van der Waals surface area contributed by atoms with E-state index in [9.17, 15) is 18.0 Å². The Morgan fingerprint density at radius 3 is 2.14 bits per heavy atom. The number of para-hydroxylation sites is 1. The molecule has 3 aromatic carbocycles. The Kier molecular flexibility index (Phi) is 8.76. The van der Waals surface area contributed by atoms with Crippen LogP contribution in [0.2, 0.25) is 5.02 Å². The first-order valence-corrected chi connectivity index (χ1v) is 13.3. The van der Waals surface area contributed by atoms with Crippen molar-refractivity contribution in [3.63, 3.8) is 0 Å². The molecule has 2 amide bonds. The molecule has 3 rings (SSSR count). The van der Waals surface area contributed by atoms with E-state index >= 15 is 0 Å². The summed E-state index contributed by atoms with van der Waals surface area (Å²) in [7, 11) is -2.59. The third-order valence-electron chi connectivity index (χ3n) is 5.95. The average molecular weight is 528 g/mol. The molecule has 36 heavy (non-hydrogen) atoms. The maximum absolute atomic E-state index is 13.8. The molecule has 0 spiro atoms. The molecule has 0 saturated carbocycles.